The number of rotatable bonds is 4. The van der Waals surface area contributed by atoms with Gasteiger partial charge in [0.15, 0.2) is 0 Å². The molecule has 1 aromatic rings. The first-order chi connectivity index (χ1) is 6.45. The zero-order valence-electron chi connectivity index (χ0n) is 9.01. The summed E-state index contributed by atoms with van der Waals surface area (Å²) in [5, 5.41) is 0. The molecular formula is C11H18ClNS. The molecule has 1 aromatic heterocycles. The van der Waals surface area contributed by atoms with Gasteiger partial charge in [-0.3, -0.25) is 0 Å². The summed E-state index contributed by atoms with van der Waals surface area (Å²) in [7, 11) is 0. The highest BCUT2D eigenvalue weighted by Crippen LogP contribution is 2.28. The molecule has 0 aromatic carbocycles. The molecule has 14 heavy (non-hydrogen) atoms. The summed E-state index contributed by atoms with van der Waals surface area (Å²) in [6.45, 7) is 6.50. The first kappa shape index (κ1) is 12.0. The third-order valence-corrected chi connectivity index (χ3v) is 4.15. The van der Waals surface area contributed by atoms with E-state index in [1.807, 2.05) is 6.07 Å². The van der Waals surface area contributed by atoms with Crippen LogP contribution in [0.15, 0.2) is 12.1 Å². The molecule has 0 radical (unpaired) electrons. The summed E-state index contributed by atoms with van der Waals surface area (Å²) >= 11 is 7.51. The highest BCUT2D eigenvalue weighted by atomic mass is 35.5. The van der Waals surface area contributed by atoms with Crippen LogP contribution in [0.1, 0.15) is 32.1 Å². The third-order valence-electron chi connectivity index (χ3n) is 2.92. The van der Waals surface area contributed by atoms with Crippen molar-refractivity contribution in [2.24, 2.45) is 11.7 Å². The van der Waals surface area contributed by atoms with Gasteiger partial charge < -0.3 is 5.73 Å². The van der Waals surface area contributed by atoms with E-state index in [2.05, 4.69) is 26.8 Å². The fourth-order valence-corrected chi connectivity index (χ4v) is 2.73. The van der Waals surface area contributed by atoms with Crippen molar-refractivity contribution in [1.82, 2.24) is 0 Å². The van der Waals surface area contributed by atoms with Crippen LogP contribution < -0.4 is 5.73 Å². The van der Waals surface area contributed by atoms with E-state index in [4.69, 9.17) is 17.3 Å². The van der Waals surface area contributed by atoms with Crippen LogP contribution in [0.25, 0.3) is 0 Å². The van der Waals surface area contributed by atoms with Gasteiger partial charge in [-0.2, -0.15) is 0 Å². The number of hydrogen-bond donors (Lipinski definition) is 1. The maximum absolute atomic E-state index is 6.28. The Morgan fingerprint density at radius 2 is 2.21 bits per heavy atom. The molecule has 1 rings (SSSR count). The molecule has 0 saturated heterocycles. The van der Waals surface area contributed by atoms with Crippen molar-refractivity contribution >= 4 is 22.9 Å². The second kappa shape index (κ2) is 4.65. The monoisotopic (exact) mass is 231 g/mol. The molecule has 0 bridgehead atoms. The molecule has 0 aliphatic heterocycles. The van der Waals surface area contributed by atoms with Crippen molar-refractivity contribution in [3.05, 3.63) is 21.3 Å². The lowest BCUT2D eigenvalue weighted by molar-refractivity contribution is 0.308. The molecule has 0 aliphatic carbocycles. The second-order valence-corrected chi connectivity index (χ2v) is 6.00. The van der Waals surface area contributed by atoms with E-state index in [0.717, 1.165) is 17.2 Å². The Morgan fingerprint density at radius 3 is 2.64 bits per heavy atom. The fraction of sp³-hybridized carbons (Fsp3) is 0.636. The Kier molecular flexibility index (Phi) is 3.99. The highest BCUT2D eigenvalue weighted by molar-refractivity contribution is 7.16. The highest BCUT2D eigenvalue weighted by Gasteiger charge is 2.25. The SMILES string of the molecule is CCC(C)C(C)(N)Cc1ccc(Cl)s1. The van der Waals surface area contributed by atoms with Crippen LogP contribution in [-0.2, 0) is 6.42 Å². The van der Waals surface area contributed by atoms with Crippen molar-refractivity contribution in [1.29, 1.82) is 0 Å². The van der Waals surface area contributed by atoms with Gasteiger partial charge in [-0.05, 0) is 31.4 Å². The van der Waals surface area contributed by atoms with E-state index in [9.17, 15) is 0 Å². The molecule has 1 nitrogen and oxygen atoms in total. The zero-order valence-corrected chi connectivity index (χ0v) is 10.6. The summed E-state index contributed by atoms with van der Waals surface area (Å²) in [5.41, 5.74) is 6.15. The molecule has 2 unspecified atom stereocenters. The Morgan fingerprint density at radius 1 is 1.57 bits per heavy atom. The minimum Gasteiger partial charge on any atom is -0.325 e. The van der Waals surface area contributed by atoms with Gasteiger partial charge in [0.1, 0.15) is 0 Å². The minimum atomic E-state index is -0.122. The van der Waals surface area contributed by atoms with Crippen LogP contribution in [0.3, 0.4) is 0 Å². The molecule has 3 heteroatoms. The third kappa shape index (κ3) is 2.97. The van der Waals surface area contributed by atoms with Gasteiger partial charge in [-0.25, -0.2) is 0 Å². The molecular weight excluding hydrogens is 214 g/mol. The van der Waals surface area contributed by atoms with Gasteiger partial charge in [0.2, 0.25) is 0 Å². The standard InChI is InChI=1S/C11H18ClNS/c1-4-8(2)11(3,13)7-9-5-6-10(12)14-9/h5-6,8H,4,7,13H2,1-3H3. The molecule has 1 heterocycles. The van der Waals surface area contributed by atoms with Crippen molar-refractivity contribution < 1.29 is 0 Å². The summed E-state index contributed by atoms with van der Waals surface area (Å²) < 4.78 is 0.847. The smallest absolute Gasteiger partial charge is 0.0931 e. The summed E-state index contributed by atoms with van der Waals surface area (Å²) in [6, 6.07) is 4.01. The van der Waals surface area contributed by atoms with Gasteiger partial charge in [-0.1, -0.05) is 31.9 Å². The van der Waals surface area contributed by atoms with Gasteiger partial charge in [0.05, 0.1) is 4.34 Å². The molecule has 0 saturated carbocycles. The van der Waals surface area contributed by atoms with E-state index in [1.54, 1.807) is 11.3 Å². The first-order valence-corrected chi connectivity index (χ1v) is 6.18. The van der Waals surface area contributed by atoms with Crippen LogP contribution in [-0.4, -0.2) is 5.54 Å². The fourth-order valence-electron chi connectivity index (χ4n) is 1.46. The Hall–Kier alpha value is -0.0500. The van der Waals surface area contributed by atoms with Crippen molar-refractivity contribution in [2.75, 3.05) is 0 Å². The predicted molar refractivity (Wildman–Crippen MR) is 65.1 cm³/mol. The molecule has 80 valence electrons. The summed E-state index contributed by atoms with van der Waals surface area (Å²) in [6.07, 6.45) is 2.03. The molecule has 2 N–H and O–H groups in total. The van der Waals surface area contributed by atoms with E-state index in [0.29, 0.717) is 5.92 Å². The molecule has 0 aliphatic rings. The Labute approximate surface area is 95.3 Å². The van der Waals surface area contributed by atoms with Crippen LogP contribution >= 0.6 is 22.9 Å². The van der Waals surface area contributed by atoms with Crippen molar-refractivity contribution in [3.63, 3.8) is 0 Å². The van der Waals surface area contributed by atoms with Crippen molar-refractivity contribution in [2.45, 2.75) is 39.2 Å². The van der Waals surface area contributed by atoms with Crippen LogP contribution in [0, 0.1) is 5.92 Å². The molecule has 0 spiro atoms. The first-order valence-electron chi connectivity index (χ1n) is 4.99. The van der Waals surface area contributed by atoms with E-state index in [-0.39, 0.29) is 5.54 Å². The van der Waals surface area contributed by atoms with Gasteiger partial charge in [-0.15, -0.1) is 11.3 Å². The molecule has 2 atom stereocenters. The van der Waals surface area contributed by atoms with Crippen molar-refractivity contribution in [3.8, 4) is 0 Å². The predicted octanol–water partition coefficient (Wildman–Crippen LogP) is 3.71. The topological polar surface area (TPSA) is 26.0 Å². The largest absolute Gasteiger partial charge is 0.325 e. The number of nitrogens with two attached hydrogens (primary N) is 1. The molecule has 0 amide bonds. The average molecular weight is 232 g/mol. The zero-order chi connectivity index (χ0) is 10.8. The number of halogens is 1. The van der Waals surface area contributed by atoms with E-state index >= 15 is 0 Å². The number of hydrogen-bond acceptors (Lipinski definition) is 2. The van der Waals surface area contributed by atoms with Gasteiger partial charge in [0.25, 0.3) is 0 Å². The van der Waals surface area contributed by atoms with E-state index in [1.165, 1.54) is 4.88 Å². The van der Waals surface area contributed by atoms with Crippen LogP contribution in [0.2, 0.25) is 4.34 Å². The van der Waals surface area contributed by atoms with Gasteiger partial charge in [0, 0.05) is 10.4 Å². The number of thiophene rings is 1. The lowest BCUT2D eigenvalue weighted by Gasteiger charge is -2.30. The maximum Gasteiger partial charge on any atom is 0.0931 e. The average Bonchev–Trinajstić information content (AvgIpc) is 2.48. The van der Waals surface area contributed by atoms with Gasteiger partial charge >= 0.3 is 0 Å². The minimum absolute atomic E-state index is 0.122. The Balaban J connectivity index is 2.67. The lowest BCUT2D eigenvalue weighted by atomic mass is 9.83. The quantitative estimate of drug-likeness (QED) is 0.840. The summed E-state index contributed by atoms with van der Waals surface area (Å²) in [4.78, 5) is 1.28. The molecule has 0 fully saturated rings. The maximum atomic E-state index is 6.28. The second-order valence-electron chi connectivity index (χ2n) is 4.20. The lowest BCUT2D eigenvalue weighted by Crippen LogP contribution is -2.44. The summed E-state index contributed by atoms with van der Waals surface area (Å²) in [5.74, 6) is 0.531. The van der Waals surface area contributed by atoms with E-state index < -0.39 is 0 Å². The Bertz CT molecular complexity index is 293. The van der Waals surface area contributed by atoms with Crippen LogP contribution in [0.5, 0.6) is 0 Å². The van der Waals surface area contributed by atoms with Crippen LogP contribution in [0.4, 0.5) is 0 Å². The normalized spacial score (nSPS) is 17.8.